The number of nitrogens with zero attached hydrogens (tertiary/aromatic N) is 3. The second-order valence-electron chi connectivity index (χ2n) is 6.21. The maximum atomic E-state index is 4.45. The molecule has 1 N–H and O–H groups in total. The van der Waals surface area contributed by atoms with E-state index in [-0.39, 0.29) is 0 Å². The van der Waals surface area contributed by atoms with E-state index in [0.717, 1.165) is 18.1 Å². The molecule has 4 heterocycles. The molecule has 3 saturated heterocycles. The van der Waals surface area contributed by atoms with Crippen LogP contribution in [0.5, 0.6) is 0 Å². The van der Waals surface area contributed by atoms with Gasteiger partial charge < -0.3 is 0 Å². The molecule has 3 aliphatic rings. The second-order valence-corrected chi connectivity index (χ2v) is 7.44. The number of hydrogen-bond acceptors (Lipinski definition) is 5. The van der Waals surface area contributed by atoms with Crippen molar-refractivity contribution in [2.24, 2.45) is 0 Å². The Kier molecular flexibility index (Phi) is 3.96. The van der Waals surface area contributed by atoms with E-state index in [1.54, 1.807) is 11.3 Å². The molecule has 0 amide bonds. The number of rotatable bonds is 4. The molecular weight excluding hydrogens is 292 g/mol. The van der Waals surface area contributed by atoms with E-state index in [4.69, 9.17) is 0 Å². The normalized spacial score (nSPS) is 27.2. The highest BCUT2D eigenvalue weighted by Crippen LogP contribution is 2.24. The van der Waals surface area contributed by atoms with Crippen molar-refractivity contribution in [2.45, 2.75) is 19.6 Å². The molecule has 3 aliphatic heterocycles. The lowest BCUT2D eigenvalue weighted by Crippen LogP contribution is -2.65. The summed E-state index contributed by atoms with van der Waals surface area (Å²) in [6, 6.07) is 8.81. The summed E-state index contributed by atoms with van der Waals surface area (Å²) in [6.07, 6.45) is 2.46. The molecule has 116 valence electrons. The number of thiazole rings is 1. The third-order valence-corrected chi connectivity index (χ3v) is 5.60. The summed E-state index contributed by atoms with van der Waals surface area (Å²) < 4.78 is 0. The van der Waals surface area contributed by atoms with Gasteiger partial charge in [0.1, 0.15) is 5.01 Å². The van der Waals surface area contributed by atoms with E-state index in [0.29, 0.717) is 6.17 Å². The summed E-state index contributed by atoms with van der Waals surface area (Å²) in [6.45, 7) is 9.09. The average molecular weight is 314 g/mol. The first kappa shape index (κ1) is 14.3. The molecule has 0 saturated carbocycles. The fourth-order valence-electron chi connectivity index (χ4n) is 3.30. The van der Waals surface area contributed by atoms with Crippen LogP contribution in [-0.4, -0.2) is 53.7 Å². The Labute approximate surface area is 135 Å². The maximum Gasteiger partial charge on any atom is 0.123 e. The monoisotopic (exact) mass is 314 g/mol. The summed E-state index contributed by atoms with van der Waals surface area (Å²) in [5, 5.41) is 4.82. The van der Waals surface area contributed by atoms with Crippen molar-refractivity contribution in [1.82, 2.24) is 20.1 Å². The summed E-state index contributed by atoms with van der Waals surface area (Å²) >= 11 is 1.75. The van der Waals surface area contributed by atoms with Crippen LogP contribution in [0.15, 0.2) is 30.5 Å². The molecule has 0 spiro atoms. The van der Waals surface area contributed by atoms with Crippen LogP contribution in [-0.2, 0) is 6.54 Å². The molecule has 22 heavy (non-hydrogen) atoms. The number of fused-ring (bicyclic) bond motifs is 3. The minimum atomic E-state index is 0.517. The number of benzene rings is 1. The van der Waals surface area contributed by atoms with Gasteiger partial charge in [-0.15, -0.1) is 11.3 Å². The number of nitrogens with one attached hydrogen (secondary N) is 1. The lowest BCUT2D eigenvalue weighted by Gasteiger charge is -2.47. The summed E-state index contributed by atoms with van der Waals surface area (Å²) in [5.41, 5.74) is 2.56. The topological polar surface area (TPSA) is 31.4 Å². The van der Waals surface area contributed by atoms with Crippen molar-refractivity contribution in [3.05, 3.63) is 40.9 Å². The van der Waals surface area contributed by atoms with Gasteiger partial charge in [0.2, 0.25) is 0 Å². The first-order chi connectivity index (χ1) is 10.8. The van der Waals surface area contributed by atoms with Crippen LogP contribution in [0.25, 0.3) is 10.6 Å². The Bertz CT molecular complexity index is 628. The Balaban J connectivity index is 1.37. The van der Waals surface area contributed by atoms with Gasteiger partial charge in [0.25, 0.3) is 0 Å². The van der Waals surface area contributed by atoms with Crippen molar-refractivity contribution < 1.29 is 0 Å². The van der Waals surface area contributed by atoms with E-state index in [1.807, 2.05) is 6.20 Å². The Hall–Kier alpha value is -1.27. The van der Waals surface area contributed by atoms with Crippen molar-refractivity contribution in [2.75, 3.05) is 32.7 Å². The molecule has 2 aromatic rings. The second kappa shape index (κ2) is 6.08. The lowest BCUT2D eigenvalue weighted by molar-refractivity contribution is -0.00233. The Morgan fingerprint density at radius 1 is 1.18 bits per heavy atom. The van der Waals surface area contributed by atoms with Gasteiger partial charge in [-0.05, 0) is 12.5 Å². The van der Waals surface area contributed by atoms with Gasteiger partial charge in [-0.1, -0.05) is 24.3 Å². The van der Waals surface area contributed by atoms with Crippen LogP contribution in [0.1, 0.15) is 10.4 Å². The molecule has 4 nitrogen and oxygen atoms in total. The highest BCUT2D eigenvalue weighted by Gasteiger charge is 2.31. The third-order valence-electron chi connectivity index (χ3n) is 4.64. The summed E-state index contributed by atoms with van der Waals surface area (Å²) in [5.74, 6) is 0. The Morgan fingerprint density at radius 2 is 1.95 bits per heavy atom. The molecule has 2 bridgehead atoms. The average Bonchev–Trinajstić information content (AvgIpc) is 3.01. The highest BCUT2D eigenvalue weighted by atomic mass is 32.1. The molecule has 3 fully saturated rings. The molecule has 1 unspecified atom stereocenters. The Morgan fingerprint density at radius 3 is 2.55 bits per heavy atom. The number of aryl methyl sites for hydroxylation is 1. The molecule has 0 radical (unpaired) electrons. The molecule has 5 rings (SSSR count). The molecule has 0 aliphatic carbocycles. The third kappa shape index (κ3) is 2.94. The van der Waals surface area contributed by atoms with Crippen molar-refractivity contribution in [1.29, 1.82) is 0 Å². The lowest BCUT2D eigenvalue weighted by atomic mass is 10.1. The van der Waals surface area contributed by atoms with Crippen LogP contribution in [0.2, 0.25) is 0 Å². The van der Waals surface area contributed by atoms with Crippen LogP contribution >= 0.6 is 11.3 Å². The SMILES string of the molecule is Cc1cnc(-c2ccc(CNC3CN4CCN3CC4)cc2)s1. The maximum absolute atomic E-state index is 4.45. The summed E-state index contributed by atoms with van der Waals surface area (Å²) in [7, 11) is 0. The van der Waals surface area contributed by atoms with Crippen LogP contribution in [0.3, 0.4) is 0 Å². The zero-order valence-electron chi connectivity index (χ0n) is 13.0. The number of aromatic nitrogens is 1. The molecule has 5 heteroatoms. The fraction of sp³-hybridized carbons (Fsp3) is 0.471. The minimum Gasteiger partial charge on any atom is -0.298 e. The first-order valence-electron chi connectivity index (χ1n) is 7.99. The van der Waals surface area contributed by atoms with E-state index in [1.165, 1.54) is 42.2 Å². The number of piperazine rings is 3. The van der Waals surface area contributed by atoms with Gasteiger partial charge in [-0.2, -0.15) is 0 Å². The van der Waals surface area contributed by atoms with E-state index < -0.39 is 0 Å². The largest absolute Gasteiger partial charge is 0.298 e. The van der Waals surface area contributed by atoms with Gasteiger partial charge in [-0.3, -0.25) is 15.1 Å². The predicted molar refractivity (Wildman–Crippen MR) is 90.9 cm³/mol. The fourth-order valence-corrected chi connectivity index (χ4v) is 4.07. The molecule has 1 atom stereocenters. The van der Waals surface area contributed by atoms with Crippen LogP contribution < -0.4 is 5.32 Å². The zero-order chi connectivity index (χ0) is 14.9. The molecule has 1 aromatic heterocycles. The van der Waals surface area contributed by atoms with Crippen LogP contribution in [0, 0.1) is 6.92 Å². The van der Waals surface area contributed by atoms with Gasteiger partial charge >= 0.3 is 0 Å². The number of hydrogen-bond donors (Lipinski definition) is 1. The van der Waals surface area contributed by atoms with Gasteiger partial charge in [-0.25, -0.2) is 4.98 Å². The van der Waals surface area contributed by atoms with Crippen molar-refractivity contribution in [3.63, 3.8) is 0 Å². The zero-order valence-corrected chi connectivity index (χ0v) is 13.8. The molecule has 1 aromatic carbocycles. The quantitative estimate of drug-likeness (QED) is 0.937. The standard InChI is InChI=1S/C17H22N4S/c1-13-10-19-17(22-13)15-4-2-14(3-5-15)11-18-16-12-20-6-8-21(16)9-7-20/h2-5,10,16,18H,6-9,11-12H2,1H3. The van der Waals surface area contributed by atoms with Crippen LogP contribution in [0.4, 0.5) is 0 Å². The predicted octanol–water partition coefficient (Wildman–Crippen LogP) is 2.17. The van der Waals surface area contributed by atoms with E-state index in [9.17, 15) is 0 Å². The van der Waals surface area contributed by atoms with Crippen molar-refractivity contribution >= 4 is 11.3 Å². The highest BCUT2D eigenvalue weighted by molar-refractivity contribution is 7.14. The van der Waals surface area contributed by atoms with Gasteiger partial charge in [0.05, 0.1) is 6.17 Å². The van der Waals surface area contributed by atoms with Gasteiger partial charge in [0.15, 0.2) is 0 Å². The smallest absolute Gasteiger partial charge is 0.123 e. The summed E-state index contributed by atoms with van der Waals surface area (Å²) in [4.78, 5) is 10.9. The first-order valence-corrected chi connectivity index (χ1v) is 8.81. The van der Waals surface area contributed by atoms with E-state index >= 15 is 0 Å². The molecular formula is C17H22N4S. The minimum absolute atomic E-state index is 0.517. The van der Waals surface area contributed by atoms with Crippen molar-refractivity contribution in [3.8, 4) is 10.6 Å². The van der Waals surface area contributed by atoms with E-state index in [2.05, 4.69) is 51.3 Å². The van der Waals surface area contributed by atoms with Gasteiger partial charge in [0, 0.05) is 55.9 Å².